The third-order valence-electron chi connectivity index (χ3n) is 4.57. The van der Waals surface area contributed by atoms with Gasteiger partial charge in [0.2, 0.25) is 0 Å². The normalized spacial score (nSPS) is 22.7. The summed E-state index contributed by atoms with van der Waals surface area (Å²) in [5.41, 5.74) is 8.53. The fourth-order valence-electron chi connectivity index (χ4n) is 3.12. The van der Waals surface area contributed by atoms with E-state index >= 15 is 0 Å². The summed E-state index contributed by atoms with van der Waals surface area (Å²) in [6.07, 6.45) is 2.51. The summed E-state index contributed by atoms with van der Waals surface area (Å²) in [7, 11) is 0. The molecule has 24 heavy (non-hydrogen) atoms. The molecule has 1 aromatic rings. The van der Waals surface area contributed by atoms with Crippen molar-refractivity contribution in [3.8, 4) is 0 Å². The van der Waals surface area contributed by atoms with Crippen LogP contribution in [-0.2, 0) is 22.6 Å². The highest BCUT2D eigenvalue weighted by molar-refractivity contribution is 5.77. The number of rotatable bonds is 6. The van der Waals surface area contributed by atoms with Crippen molar-refractivity contribution in [2.45, 2.75) is 32.0 Å². The van der Waals surface area contributed by atoms with Gasteiger partial charge in [-0.05, 0) is 24.0 Å². The number of benzene rings is 1. The quantitative estimate of drug-likeness (QED) is 0.603. The number of nitrogens with zero attached hydrogens (tertiary/aromatic N) is 2. The zero-order valence-corrected chi connectivity index (χ0v) is 14.2. The molecule has 1 aromatic carbocycles. The Balaban J connectivity index is 1.52. The Morgan fingerprint density at radius 3 is 2.75 bits per heavy atom. The first-order chi connectivity index (χ1) is 11.8. The molecule has 0 bridgehead atoms. The van der Waals surface area contributed by atoms with Crippen molar-refractivity contribution in [3.63, 3.8) is 0 Å². The van der Waals surface area contributed by atoms with Gasteiger partial charge in [-0.1, -0.05) is 24.3 Å². The van der Waals surface area contributed by atoms with Gasteiger partial charge < -0.3 is 20.5 Å². The smallest absolute Gasteiger partial charge is 0.189 e. The van der Waals surface area contributed by atoms with Crippen LogP contribution in [0, 0.1) is 0 Å². The van der Waals surface area contributed by atoms with E-state index in [0.717, 1.165) is 58.8 Å². The van der Waals surface area contributed by atoms with E-state index in [-0.39, 0.29) is 6.10 Å². The van der Waals surface area contributed by atoms with Crippen LogP contribution in [0.4, 0.5) is 0 Å². The Morgan fingerprint density at radius 2 is 2.00 bits per heavy atom. The van der Waals surface area contributed by atoms with Gasteiger partial charge in [0.05, 0.1) is 25.9 Å². The van der Waals surface area contributed by atoms with Crippen molar-refractivity contribution in [1.82, 2.24) is 10.2 Å². The second-order valence-corrected chi connectivity index (χ2v) is 6.37. The highest BCUT2D eigenvalue weighted by Gasteiger charge is 2.15. The number of morpholine rings is 1. The molecule has 2 aliphatic heterocycles. The lowest BCUT2D eigenvalue weighted by Crippen LogP contribution is -2.37. The van der Waals surface area contributed by atoms with Crippen molar-refractivity contribution < 1.29 is 9.47 Å². The molecule has 0 aromatic heterocycles. The Hall–Kier alpha value is -1.63. The average Bonchev–Trinajstić information content (AvgIpc) is 3.14. The Bertz CT molecular complexity index is 538. The van der Waals surface area contributed by atoms with Gasteiger partial charge in [-0.15, -0.1) is 0 Å². The van der Waals surface area contributed by atoms with Crippen LogP contribution < -0.4 is 11.1 Å². The van der Waals surface area contributed by atoms with Crippen LogP contribution in [0.3, 0.4) is 0 Å². The topological polar surface area (TPSA) is 72.1 Å². The van der Waals surface area contributed by atoms with E-state index < -0.39 is 0 Å². The molecule has 6 nitrogen and oxygen atoms in total. The van der Waals surface area contributed by atoms with Gasteiger partial charge in [0.15, 0.2) is 5.96 Å². The van der Waals surface area contributed by atoms with Gasteiger partial charge in [-0.2, -0.15) is 0 Å². The number of ether oxygens (including phenoxy) is 2. The molecule has 3 N–H and O–H groups in total. The molecule has 0 radical (unpaired) electrons. The molecule has 2 saturated heterocycles. The van der Waals surface area contributed by atoms with Gasteiger partial charge in [-0.3, -0.25) is 4.90 Å². The van der Waals surface area contributed by atoms with Crippen LogP contribution in [0.25, 0.3) is 0 Å². The van der Waals surface area contributed by atoms with E-state index in [0.29, 0.717) is 12.5 Å². The molecule has 1 atom stereocenters. The number of nitrogens with one attached hydrogen (secondary N) is 1. The standard InChI is InChI=1S/C18H28N4O2/c19-18(21-13-17-6-3-9-24-17)20-12-15-4-1-2-5-16(15)14-22-7-10-23-11-8-22/h1-2,4-5,17H,3,6-14H2,(H3,19,20,21)/t17-/m0/s1. The Kier molecular flexibility index (Phi) is 6.46. The van der Waals surface area contributed by atoms with Gasteiger partial charge in [0.25, 0.3) is 0 Å². The molecule has 3 rings (SSSR count). The van der Waals surface area contributed by atoms with Crippen molar-refractivity contribution in [3.05, 3.63) is 35.4 Å². The predicted molar refractivity (Wildman–Crippen MR) is 94.8 cm³/mol. The van der Waals surface area contributed by atoms with E-state index in [9.17, 15) is 0 Å². The summed E-state index contributed by atoms with van der Waals surface area (Å²) < 4.78 is 11.0. The second-order valence-electron chi connectivity index (χ2n) is 6.37. The first kappa shape index (κ1) is 17.2. The van der Waals surface area contributed by atoms with Gasteiger partial charge >= 0.3 is 0 Å². The molecular formula is C18H28N4O2. The molecule has 0 unspecified atom stereocenters. The van der Waals surface area contributed by atoms with E-state index in [1.807, 2.05) is 0 Å². The highest BCUT2D eigenvalue weighted by atomic mass is 16.5. The monoisotopic (exact) mass is 332 g/mol. The van der Waals surface area contributed by atoms with Crippen LogP contribution in [0.5, 0.6) is 0 Å². The van der Waals surface area contributed by atoms with Crippen LogP contribution in [0.1, 0.15) is 24.0 Å². The molecule has 0 aliphatic carbocycles. The minimum Gasteiger partial charge on any atom is -0.379 e. The van der Waals surface area contributed by atoms with Crippen molar-refractivity contribution in [2.24, 2.45) is 10.7 Å². The largest absolute Gasteiger partial charge is 0.379 e. The zero-order chi connectivity index (χ0) is 16.6. The summed E-state index contributed by atoms with van der Waals surface area (Å²) in [5.74, 6) is 0.492. The summed E-state index contributed by atoms with van der Waals surface area (Å²) >= 11 is 0. The van der Waals surface area contributed by atoms with Crippen LogP contribution in [0.2, 0.25) is 0 Å². The number of aliphatic imine (C=N–C) groups is 1. The molecule has 2 aliphatic rings. The third-order valence-corrected chi connectivity index (χ3v) is 4.57. The maximum Gasteiger partial charge on any atom is 0.189 e. The molecule has 0 spiro atoms. The lowest BCUT2D eigenvalue weighted by Gasteiger charge is -2.27. The summed E-state index contributed by atoms with van der Waals surface area (Å²) in [6.45, 7) is 6.76. The summed E-state index contributed by atoms with van der Waals surface area (Å²) in [4.78, 5) is 6.92. The van der Waals surface area contributed by atoms with Crippen LogP contribution >= 0.6 is 0 Å². The molecular weight excluding hydrogens is 304 g/mol. The molecule has 0 amide bonds. The molecule has 132 valence electrons. The number of guanidine groups is 1. The zero-order valence-electron chi connectivity index (χ0n) is 14.2. The average molecular weight is 332 g/mol. The molecule has 0 saturated carbocycles. The predicted octanol–water partition coefficient (Wildman–Crippen LogP) is 1.10. The first-order valence-electron chi connectivity index (χ1n) is 8.83. The van der Waals surface area contributed by atoms with Crippen LogP contribution in [0.15, 0.2) is 29.3 Å². The SMILES string of the molecule is NC(=NCc1ccccc1CN1CCOCC1)NC[C@@H]1CCCO1. The van der Waals surface area contributed by atoms with Gasteiger partial charge in [0, 0.05) is 32.8 Å². The number of nitrogens with two attached hydrogens (primary N) is 1. The van der Waals surface area contributed by atoms with E-state index in [4.69, 9.17) is 15.2 Å². The Labute approximate surface area is 144 Å². The van der Waals surface area contributed by atoms with Crippen LogP contribution in [-0.4, -0.2) is 56.4 Å². The van der Waals surface area contributed by atoms with E-state index in [1.165, 1.54) is 11.1 Å². The van der Waals surface area contributed by atoms with E-state index in [1.54, 1.807) is 0 Å². The lowest BCUT2D eigenvalue weighted by molar-refractivity contribution is 0.0341. The fraction of sp³-hybridized carbons (Fsp3) is 0.611. The number of hydrogen-bond acceptors (Lipinski definition) is 4. The van der Waals surface area contributed by atoms with Crippen molar-refractivity contribution >= 4 is 5.96 Å². The Morgan fingerprint density at radius 1 is 1.21 bits per heavy atom. The molecule has 2 heterocycles. The summed E-state index contributed by atoms with van der Waals surface area (Å²) in [6, 6.07) is 8.45. The highest BCUT2D eigenvalue weighted by Crippen LogP contribution is 2.14. The second kappa shape index (κ2) is 9.01. The van der Waals surface area contributed by atoms with Crippen molar-refractivity contribution in [2.75, 3.05) is 39.5 Å². The van der Waals surface area contributed by atoms with Gasteiger partial charge in [0.1, 0.15) is 0 Å². The van der Waals surface area contributed by atoms with E-state index in [2.05, 4.69) is 39.5 Å². The molecule has 6 heteroatoms. The first-order valence-corrected chi connectivity index (χ1v) is 8.83. The van der Waals surface area contributed by atoms with Gasteiger partial charge in [-0.25, -0.2) is 4.99 Å². The number of hydrogen-bond donors (Lipinski definition) is 2. The van der Waals surface area contributed by atoms with Crippen molar-refractivity contribution in [1.29, 1.82) is 0 Å². The maximum absolute atomic E-state index is 5.99. The minimum absolute atomic E-state index is 0.271. The third kappa shape index (κ3) is 5.19. The fourth-order valence-corrected chi connectivity index (χ4v) is 3.12. The molecule has 2 fully saturated rings. The maximum atomic E-state index is 5.99. The lowest BCUT2D eigenvalue weighted by atomic mass is 10.1. The minimum atomic E-state index is 0.271. The summed E-state index contributed by atoms with van der Waals surface area (Å²) in [5, 5.41) is 3.17.